The van der Waals surface area contributed by atoms with Gasteiger partial charge in [0.15, 0.2) is 5.96 Å². The Morgan fingerprint density at radius 1 is 1.10 bits per heavy atom. The van der Waals surface area contributed by atoms with Gasteiger partial charge in [-0.1, -0.05) is 44.2 Å². The molecule has 1 aromatic carbocycles. The van der Waals surface area contributed by atoms with E-state index in [4.69, 9.17) is 0 Å². The van der Waals surface area contributed by atoms with Crippen molar-refractivity contribution in [2.75, 3.05) is 45.8 Å². The number of amides is 1. The Kier molecular flexibility index (Phi) is 12.9. The number of nitrogens with one attached hydrogen (secondary N) is 2. The summed E-state index contributed by atoms with van der Waals surface area (Å²) in [6.45, 7) is 12.0. The van der Waals surface area contributed by atoms with Crippen LogP contribution in [0.15, 0.2) is 35.3 Å². The number of carbonyl (C=O) groups excluding carboxylic acids is 1. The number of hydrogen-bond donors (Lipinski definition) is 2. The van der Waals surface area contributed by atoms with Crippen LogP contribution in [0.3, 0.4) is 0 Å². The number of guanidine groups is 1. The van der Waals surface area contributed by atoms with Crippen molar-refractivity contribution < 1.29 is 4.79 Å². The van der Waals surface area contributed by atoms with Gasteiger partial charge in [0.25, 0.3) is 0 Å². The number of hydrogen-bond acceptors (Lipinski definition) is 3. The van der Waals surface area contributed by atoms with Crippen molar-refractivity contribution in [2.24, 2.45) is 4.99 Å². The van der Waals surface area contributed by atoms with E-state index in [2.05, 4.69) is 64.7 Å². The van der Waals surface area contributed by atoms with Crippen LogP contribution >= 0.6 is 24.0 Å². The van der Waals surface area contributed by atoms with E-state index in [1.165, 1.54) is 5.56 Å². The Morgan fingerprint density at radius 2 is 1.76 bits per heavy atom. The maximum absolute atomic E-state index is 12.3. The molecule has 0 bridgehead atoms. The van der Waals surface area contributed by atoms with Gasteiger partial charge >= 0.3 is 0 Å². The van der Waals surface area contributed by atoms with Crippen LogP contribution in [0.4, 0.5) is 0 Å². The second kappa shape index (κ2) is 14.6. The third-order valence-corrected chi connectivity index (χ3v) is 5.32. The number of likely N-dealkylation sites (N-methyl/N-ethyl adjacent to an activating group) is 1. The zero-order valence-electron chi connectivity index (χ0n) is 18.2. The molecule has 0 saturated carbocycles. The first-order valence-electron chi connectivity index (χ1n) is 10.8. The van der Waals surface area contributed by atoms with Crippen LogP contribution in [0.25, 0.3) is 0 Å². The van der Waals surface area contributed by atoms with Gasteiger partial charge in [0.1, 0.15) is 6.54 Å². The highest BCUT2D eigenvalue weighted by Gasteiger charge is 2.19. The van der Waals surface area contributed by atoms with Crippen LogP contribution in [0.5, 0.6) is 0 Å². The number of aliphatic imine (C=N–C) groups is 1. The van der Waals surface area contributed by atoms with Gasteiger partial charge < -0.3 is 15.5 Å². The molecule has 6 nitrogen and oxygen atoms in total. The number of nitrogens with zero attached hydrogens (tertiary/aromatic N) is 3. The molecule has 1 fully saturated rings. The molecule has 2 N–H and O–H groups in total. The van der Waals surface area contributed by atoms with Gasteiger partial charge in [-0.2, -0.15) is 0 Å². The average molecular weight is 515 g/mol. The van der Waals surface area contributed by atoms with Gasteiger partial charge in [0, 0.05) is 32.2 Å². The summed E-state index contributed by atoms with van der Waals surface area (Å²) < 4.78 is 0. The van der Waals surface area contributed by atoms with Crippen molar-refractivity contribution >= 4 is 35.8 Å². The van der Waals surface area contributed by atoms with E-state index in [-0.39, 0.29) is 36.4 Å². The van der Waals surface area contributed by atoms with E-state index in [9.17, 15) is 4.79 Å². The Bertz CT molecular complexity index is 600. The lowest BCUT2D eigenvalue weighted by atomic mass is 10.0. The van der Waals surface area contributed by atoms with Crippen molar-refractivity contribution in [3.8, 4) is 0 Å². The van der Waals surface area contributed by atoms with Crippen LogP contribution in [0.1, 0.15) is 39.2 Å². The molecule has 0 radical (unpaired) electrons. The van der Waals surface area contributed by atoms with Crippen LogP contribution < -0.4 is 10.6 Å². The first-order valence-corrected chi connectivity index (χ1v) is 10.8. The van der Waals surface area contributed by atoms with Gasteiger partial charge in [-0.05, 0) is 44.8 Å². The molecule has 1 aromatic rings. The largest absolute Gasteiger partial charge is 0.357 e. The minimum Gasteiger partial charge on any atom is -0.357 e. The molecule has 2 rings (SSSR count). The molecule has 1 aliphatic rings. The summed E-state index contributed by atoms with van der Waals surface area (Å²) in [6.07, 6.45) is 3.21. The molecule has 1 unspecified atom stereocenters. The zero-order valence-corrected chi connectivity index (χ0v) is 20.5. The molecular formula is C22H38IN5O. The van der Waals surface area contributed by atoms with Gasteiger partial charge in [0.05, 0.1) is 0 Å². The molecule has 0 aliphatic carbocycles. The lowest BCUT2D eigenvalue weighted by molar-refractivity contribution is -0.128. The molecule has 1 amide bonds. The van der Waals surface area contributed by atoms with Crippen LogP contribution in [0, 0.1) is 0 Å². The van der Waals surface area contributed by atoms with Gasteiger partial charge in [-0.15, -0.1) is 24.0 Å². The molecule has 1 atom stereocenters. The highest BCUT2D eigenvalue weighted by molar-refractivity contribution is 14.0. The maximum atomic E-state index is 12.3. The third kappa shape index (κ3) is 8.90. The van der Waals surface area contributed by atoms with Crippen molar-refractivity contribution in [1.82, 2.24) is 20.4 Å². The lowest BCUT2D eigenvalue weighted by Gasteiger charge is -2.30. The minimum absolute atomic E-state index is 0. The third-order valence-electron chi connectivity index (χ3n) is 5.32. The fraction of sp³-hybridized carbons (Fsp3) is 0.636. The summed E-state index contributed by atoms with van der Waals surface area (Å²) in [7, 11) is 0. The topological polar surface area (TPSA) is 60.0 Å². The molecular weight excluding hydrogens is 477 g/mol. The monoisotopic (exact) mass is 515 g/mol. The maximum Gasteiger partial charge on any atom is 0.244 e. The number of benzene rings is 1. The van der Waals surface area contributed by atoms with Crippen LogP contribution in [0.2, 0.25) is 0 Å². The minimum atomic E-state index is 0. The lowest BCUT2D eigenvalue weighted by Crippen LogP contribution is -2.48. The van der Waals surface area contributed by atoms with Gasteiger partial charge in [-0.3, -0.25) is 9.69 Å². The van der Waals surface area contributed by atoms with Crippen molar-refractivity contribution in [1.29, 1.82) is 0 Å². The smallest absolute Gasteiger partial charge is 0.244 e. The number of halogens is 1. The summed E-state index contributed by atoms with van der Waals surface area (Å²) in [4.78, 5) is 21.2. The summed E-state index contributed by atoms with van der Waals surface area (Å²) in [5.41, 5.74) is 1.34. The fourth-order valence-electron chi connectivity index (χ4n) is 3.73. The number of carbonyl (C=O) groups is 1. The van der Waals surface area contributed by atoms with E-state index < -0.39 is 0 Å². The van der Waals surface area contributed by atoms with Gasteiger partial charge in [-0.25, -0.2) is 4.99 Å². The Balaban J connectivity index is 0.00000420. The normalized spacial score (nSPS) is 15.2. The number of likely N-dealkylation sites (tertiary alicyclic amines) is 1. The van der Waals surface area contributed by atoms with Crippen molar-refractivity contribution in [2.45, 2.75) is 46.1 Å². The van der Waals surface area contributed by atoms with E-state index >= 15 is 0 Å². The standard InChI is InChI=1S/C22H37N5O.HI/c1-4-23-22(25-18-21(28)27-14-10-11-15-27)24-17-20(26(5-2)6-3)16-19-12-8-7-9-13-19;/h7-9,12-13,20H,4-6,10-11,14-18H2,1-3H3,(H2,23,24,25);1H. The summed E-state index contributed by atoms with van der Waals surface area (Å²) in [5, 5.41) is 6.73. The Labute approximate surface area is 193 Å². The predicted molar refractivity (Wildman–Crippen MR) is 132 cm³/mol. The fourth-order valence-corrected chi connectivity index (χ4v) is 3.73. The second-order valence-corrected chi connectivity index (χ2v) is 7.23. The molecule has 0 aromatic heterocycles. The number of rotatable bonds is 10. The first-order chi connectivity index (χ1) is 13.7. The highest BCUT2D eigenvalue weighted by atomic mass is 127. The quantitative estimate of drug-likeness (QED) is 0.286. The summed E-state index contributed by atoms with van der Waals surface area (Å²) in [6, 6.07) is 11.0. The first kappa shape index (κ1) is 25.7. The molecule has 1 saturated heterocycles. The second-order valence-electron chi connectivity index (χ2n) is 7.23. The molecule has 29 heavy (non-hydrogen) atoms. The van der Waals surface area contributed by atoms with E-state index in [1.54, 1.807) is 0 Å². The Morgan fingerprint density at radius 3 is 2.34 bits per heavy atom. The summed E-state index contributed by atoms with van der Waals surface area (Å²) in [5.74, 6) is 0.847. The highest BCUT2D eigenvalue weighted by Crippen LogP contribution is 2.09. The SMILES string of the molecule is CCNC(=NCC(=O)N1CCCC1)NCC(Cc1ccccc1)N(CC)CC.I. The molecule has 1 heterocycles. The summed E-state index contributed by atoms with van der Waals surface area (Å²) >= 11 is 0. The van der Waals surface area contributed by atoms with Crippen LogP contribution in [-0.2, 0) is 11.2 Å². The zero-order chi connectivity index (χ0) is 20.2. The van der Waals surface area contributed by atoms with E-state index in [0.29, 0.717) is 6.04 Å². The van der Waals surface area contributed by atoms with E-state index in [1.807, 2.05) is 11.8 Å². The molecule has 0 spiro atoms. The molecule has 1 aliphatic heterocycles. The van der Waals surface area contributed by atoms with Crippen molar-refractivity contribution in [3.63, 3.8) is 0 Å². The predicted octanol–water partition coefficient (Wildman–Crippen LogP) is 2.74. The van der Waals surface area contributed by atoms with E-state index in [0.717, 1.165) is 64.5 Å². The average Bonchev–Trinajstić information content (AvgIpc) is 3.26. The molecule has 7 heteroatoms. The van der Waals surface area contributed by atoms with Crippen molar-refractivity contribution in [3.05, 3.63) is 35.9 Å². The van der Waals surface area contributed by atoms with Crippen LogP contribution in [-0.4, -0.2) is 73.5 Å². The van der Waals surface area contributed by atoms with Gasteiger partial charge in [0.2, 0.25) is 5.91 Å². The Hall–Kier alpha value is -1.35. The molecule has 164 valence electrons.